The number of rotatable bonds is 1. The highest BCUT2D eigenvalue weighted by Gasteiger charge is 2.26. The van der Waals surface area contributed by atoms with Gasteiger partial charge in [-0.1, -0.05) is 12.1 Å². The largest absolute Gasteiger partial charge is 0.507 e. The lowest BCUT2D eigenvalue weighted by Crippen LogP contribution is -2.29. The zero-order valence-electron chi connectivity index (χ0n) is 12.7. The van der Waals surface area contributed by atoms with Crippen LogP contribution in [0.25, 0.3) is 22.3 Å². The molecule has 0 radical (unpaired) electrons. The maximum Gasteiger partial charge on any atom is 0.160 e. The average Bonchev–Trinajstić information content (AvgIpc) is 2.90. The number of phenolic OH excluding ortho intramolecular Hbond substituents is 1. The molecule has 0 unspecified atom stereocenters. The summed E-state index contributed by atoms with van der Waals surface area (Å²) >= 11 is 0. The lowest BCUT2D eigenvalue weighted by molar-refractivity contribution is 0.248. The fourth-order valence-electron chi connectivity index (χ4n) is 3.26. The first-order chi connectivity index (χ1) is 10.6. The second-order valence-corrected chi connectivity index (χ2v) is 5.93. The lowest BCUT2D eigenvalue weighted by Gasteiger charge is -2.30. The minimum atomic E-state index is 0.228. The Balaban J connectivity index is 1.93. The molecule has 5 nitrogen and oxygen atoms in total. The van der Waals surface area contributed by atoms with Crippen molar-refractivity contribution >= 4 is 11.0 Å². The fraction of sp³-hybridized carbons (Fsp3) is 0.294. The van der Waals surface area contributed by atoms with Crippen LogP contribution in [-0.2, 0) is 6.42 Å². The summed E-state index contributed by atoms with van der Waals surface area (Å²) in [5, 5.41) is 19.7. The van der Waals surface area contributed by atoms with Gasteiger partial charge < -0.3 is 10.1 Å². The maximum atomic E-state index is 10.0. The third-order valence-electron chi connectivity index (χ3n) is 4.65. The molecule has 5 heteroatoms. The topological polar surface area (TPSA) is 65.0 Å². The van der Waals surface area contributed by atoms with E-state index in [1.165, 1.54) is 11.3 Å². The van der Waals surface area contributed by atoms with Gasteiger partial charge in [0.2, 0.25) is 0 Å². The summed E-state index contributed by atoms with van der Waals surface area (Å²) in [6, 6.07) is 9.61. The van der Waals surface area contributed by atoms with Crippen LogP contribution in [0.4, 0.5) is 0 Å². The van der Waals surface area contributed by atoms with Crippen molar-refractivity contribution in [3.8, 4) is 17.0 Å². The average molecular weight is 294 g/mol. The highest BCUT2D eigenvalue weighted by Crippen LogP contribution is 2.36. The first-order valence-corrected chi connectivity index (χ1v) is 7.52. The molecule has 0 fully saturated rings. The number of hydrogen-bond acceptors (Lipinski definition) is 4. The number of para-hydroxylation sites is 1. The molecule has 0 saturated carbocycles. The van der Waals surface area contributed by atoms with Gasteiger partial charge >= 0.3 is 0 Å². The summed E-state index contributed by atoms with van der Waals surface area (Å²) in [7, 11) is 2.14. The minimum Gasteiger partial charge on any atom is -0.507 e. The first-order valence-electron chi connectivity index (χ1n) is 7.52. The number of aromatic amines is 1. The van der Waals surface area contributed by atoms with Crippen molar-refractivity contribution in [1.82, 2.24) is 20.1 Å². The zero-order valence-corrected chi connectivity index (χ0v) is 12.7. The van der Waals surface area contributed by atoms with Crippen molar-refractivity contribution in [1.29, 1.82) is 0 Å². The Kier molecular flexibility index (Phi) is 2.90. The van der Waals surface area contributed by atoms with Crippen LogP contribution >= 0.6 is 0 Å². The van der Waals surface area contributed by atoms with Gasteiger partial charge in [0, 0.05) is 35.7 Å². The molecule has 1 aromatic carbocycles. The van der Waals surface area contributed by atoms with Crippen LogP contribution in [0.3, 0.4) is 0 Å². The highest BCUT2D eigenvalue weighted by atomic mass is 16.3. The van der Waals surface area contributed by atoms with Crippen LogP contribution in [0.5, 0.6) is 5.75 Å². The molecule has 22 heavy (non-hydrogen) atoms. The normalized spacial score (nSPS) is 18.5. The number of benzene rings is 1. The molecule has 0 spiro atoms. The lowest BCUT2D eigenvalue weighted by atomic mass is 9.97. The highest BCUT2D eigenvalue weighted by molar-refractivity contribution is 5.85. The van der Waals surface area contributed by atoms with Gasteiger partial charge in [0.25, 0.3) is 0 Å². The molecule has 1 atom stereocenters. The van der Waals surface area contributed by atoms with Crippen molar-refractivity contribution in [2.45, 2.75) is 19.4 Å². The van der Waals surface area contributed by atoms with Gasteiger partial charge in [-0.2, -0.15) is 0 Å². The summed E-state index contributed by atoms with van der Waals surface area (Å²) < 4.78 is 0. The molecule has 3 heterocycles. The number of phenols is 1. The second-order valence-electron chi connectivity index (χ2n) is 5.93. The number of nitrogens with one attached hydrogen (secondary N) is 1. The first kappa shape index (κ1) is 13.3. The van der Waals surface area contributed by atoms with Gasteiger partial charge in [0.15, 0.2) is 5.65 Å². The van der Waals surface area contributed by atoms with Crippen LogP contribution in [0.15, 0.2) is 30.3 Å². The number of likely N-dealkylation sites (N-methyl/N-ethyl adjacent to an activating group) is 1. The van der Waals surface area contributed by atoms with E-state index in [-0.39, 0.29) is 5.75 Å². The smallest absolute Gasteiger partial charge is 0.160 e. The third kappa shape index (κ3) is 1.89. The van der Waals surface area contributed by atoms with Crippen molar-refractivity contribution in [3.63, 3.8) is 0 Å². The van der Waals surface area contributed by atoms with E-state index in [0.717, 1.165) is 24.0 Å². The van der Waals surface area contributed by atoms with Crippen LogP contribution in [0.1, 0.15) is 24.2 Å². The monoisotopic (exact) mass is 294 g/mol. The van der Waals surface area contributed by atoms with E-state index in [2.05, 4.69) is 34.1 Å². The molecule has 0 bridgehead atoms. The maximum absolute atomic E-state index is 10.0. The molecule has 2 aromatic heterocycles. The molecule has 4 rings (SSSR count). The van der Waals surface area contributed by atoms with Gasteiger partial charge in [0.1, 0.15) is 5.75 Å². The van der Waals surface area contributed by atoms with E-state index in [1.807, 2.05) is 18.2 Å². The van der Waals surface area contributed by atoms with Gasteiger partial charge in [-0.3, -0.25) is 4.90 Å². The molecule has 1 aliphatic heterocycles. The van der Waals surface area contributed by atoms with Crippen molar-refractivity contribution in [3.05, 3.63) is 41.6 Å². The van der Waals surface area contributed by atoms with Crippen LogP contribution in [-0.4, -0.2) is 38.8 Å². The molecule has 1 aliphatic rings. The summed E-state index contributed by atoms with van der Waals surface area (Å²) in [4.78, 5) is 5.74. The number of aromatic hydroxyl groups is 1. The van der Waals surface area contributed by atoms with E-state index in [9.17, 15) is 5.11 Å². The van der Waals surface area contributed by atoms with E-state index in [0.29, 0.717) is 17.3 Å². The molecule has 0 aliphatic carbocycles. The van der Waals surface area contributed by atoms with E-state index in [4.69, 9.17) is 0 Å². The Labute approximate surface area is 128 Å². The number of fused-ring (bicyclic) bond motifs is 3. The quantitative estimate of drug-likeness (QED) is 0.724. The van der Waals surface area contributed by atoms with Crippen molar-refractivity contribution in [2.24, 2.45) is 0 Å². The minimum absolute atomic E-state index is 0.228. The number of nitrogens with zero attached hydrogens (tertiary/aromatic N) is 3. The number of H-pyrrole nitrogens is 1. The van der Waals surface area contributed by atoms with Gasteiger partial charge in [-0.25, -0.2) is 0 Å². The van der Waals surface area contributed by atoms with Crippen LogP contribution < -0.4 is 0 Å². The predicted molar refractivity (Wildman–Crippen MR) is 85.7 cm³/mol. The Morgan fingerprint density at radius 1 is 1.27 bits per heavy atom. The Bertz CT molecular complexity index is 855. The zero-order chi connectivity index (χ0) is 15.3. The molecule has 3 aromatic rings. The molecule has 0 amide bonds. The standard InChI is InChI=1S/C17H18N4O/c1-10-16-12-9-14(11-5-3-4-6-15(11)22)19-20-17(12)18-13(16)7-8-21(10)2/h3-6,9-10,22H,7-8H2,1-2H3,(H,18,20)/t10-/m1/s1. The predicted octanol–water partition coefficient (Wildman–Crippen LogP) is 2.88. The van der Waals surface area contributed by atoms with Gasteiger partial charge in [0.05, 0.1) is 5.69 Å². The molecule has 112 valence electrons. The van der Waals surface area contributed by atoms with Crippen LogP contribution in [0, 0.1) is 0 Å². The van der Waals surface area contributed by atoms with E-state index >= 15 is 0 Å². The summed E-state index contributed by atoms with van der Waals surface area (Å²) in [5.41, 5.74) is 4.79. The number of hydrogen-bond donors (Lipinski definition) is 2. The summed E-state index contributed by atoms with van der Waals surface area (Å²) in [5.74, 6) is 0.228. The molecular weight excluding hydrogens is 276 g/mol. The SMILES string of the molecule is C[C@@H]1c2c([nH]c3nnc(-c4ccccc4O)cc23)CCN1C. The van der Waals surface area contributed by atoms with Crippen molar-refractivity contribution < 1.29 is 5.11 Å². The molecule has 0 saturated heterocycles. The Hall–Kier alpha value is -2.40. The fourth-order valence-corrected chi connectivity index (χ4v) is 3.26. The number of aromatic nitrogens is 3. The molecular formula is C17H18N4O. The third-order valence-corrected chi connectivity index (χ3v) is 4.65. The van der Waals surface area contributed by atoms with E-state index in [1.54, 1.807) is 12.1 Å². The molecule has 2 N–H and O–H groups in total. The van der Waals surface area contributed by atoms with Crippen LogP contribution in [0.2, 0.25) is 0 Å². The van der Waals surface area contributed by atoms with E-state index < -0.39 is 0 Å². The van der Waals surface area contributed by atoms with Gasteiger partial charge in [-0.15, -0.1) is 10.2 Å². The van der Waals surface area contributed by atoms with Crippen molar-refractivity contribution in [2.75, 3.05) is 13.6 Å². The summed E-state index contributed by atoms with van der Waals surface area (Å²) in [6.45, 7) is 3.26. The second kappa shape index (κ2) is 4.81. The van der Waals surface area contributed by atoms with Gasteiger partial charge in [-0.05, 0) is 37.7 Å². The Morgan fingerprint density at radius 3 is 2.91 bits per heavy atom. The summed E-state index contributed by atoms with van der Waals surface area (Å²) in [6.07, 6.45) is 0.998. The Morgan fingerprint density at radius 2 is 2.09 bits per heavy atom.